The highest BCUT2D eigenvalue weighted by Gasteiger charge is 2.66. The van der Waals surface area contributed by atoms with E-state index in [1.165, 1.54) is 26.8 Å². The summed E-state index contributed by atoms with van der Waals surface area (Å²) in [6.45, 7) is 2.97. The molecule has 3 aromatic heterocycles. The number of nitrogens with zero attached hydrogens (tertiary/aromatic N) is 2. The molecule has 2 aliphatic rings. The number of nitrogens with one attached hydrogen (secondary N) is 3. The standard InChI is InChI=1S/C19H20BrF2N3O5.C14H10BrF2N3O2/c1-17(2,3)19(7-18(21,22)8-25(19)16(28)29)15(27)24-12-10-6-9(20)4-5-11(10)30-13(12)14(23)26;15-6-1-2-9-7(3-6)10-11(22-9)13(21)20-12(19-10)8-4-14(16,17)5-18-8/h4-6H,7-8H2,1-3H3,(H2,23,26)(H,24,27)(H,28,29);1-3,8,18H,4-5H2,(H,19,20,21)/t19-;8-/m00/s1. The summed E-state index contributed by atoms with van der Waals surface area (Å²) in [5, 5.41) is 15.7. The average molecular weight is 858 g/mol. The molecule has 0 saturated carbocycles. The van der Waals surface area contributed by atoms with Gasteiger partial charge < -0.3 is 35.3 Å². The van der Waals surface area contributed by atoms with Gasteiger partial charge in [-0.3, -0.25) is 19.3 Å². The van der Waals surface area contributed by atoms with Gasteiger partial charge in [-0.05, 0) is 41.8 Å². The molecule has 0 bridgehead atoms. The molecule has 3 amide bonds. The number of furan rings is 2. The summed E-state index contributed by atoms with van der Waals surface area (Å²) in [6, 6.07) is 9.36. The Bertz CT molecular complexity index is 2340. The number of halogens is 6. The van der Waals surface area contributed by atoms with Crippen LogP contribution in [0.5, 0.6) is 0 Å². The predicted octanol–water partition coefficient (Wildman–Crippen LogP) is 7.14. The quantitative estimate of drug-likeness (QED) is 0.117. The SMILES string of the molecule is CC(C)(C)[C@@]1(C(=O)Nc2c(C(N)=O)oc3ccc(Br)cc23)CC(F)(F)CN1C(=O)O.O=c1[nH]c([C@@H]2CC(F)(F)CN2)nc2c1oc1ccc(Br)cc12. The van der Waals surface area contributed by atoms with Crippen LogP contribution in [0.15, 0.2) is 59.0 Å². The van der Waals surface area contributed by atoms with Crippen LogP contribution in [0.25, 0.3) is 33.0 Å². The largest absolute Gasteiger partial charge is 0.465 e. The van der Waals surface area contributed by atoms with E-state index >= 15 is 0 Å². The van der Waals surface area contributed by atoms with Crippen LogP contribution >= 0.6 is 31.9 Å². The van der Waals surface area contributed by atoms with Crippen molar-refractivity contribution in [2.24, 2.45) is 11.1 Å². The number of primary amides is 1. The van der Waals surface area contributed by atoms with E-state index in [1.54, 1.807) is 30.3 Å². The number of carbonyl (C=O) groups is 3. The van der Waals surface area contributed by atoms with Crippen molar-refractivity contribution in [1.82, 2.24) is 20.2 Å². The second kappa shape index (κ2) is 12.9. The Labute approximate surface area is 307 Å². The molecule has 276 valence electrons. The number of rotatable bonds is 4. The zero-order valence-electron chi connectivity index (χ0n) is 27.5. The number of carbonyl (C=O) groups excluding carboxylic acids is 2. The Morgan fingerprint density at radius 1 is 1.02 bits per heavy atom. The highest BCUT2D eigenvalue weighted by atomic mass is 79.9. The lowest BCUT2D eigenvalue weighted by molar-refractivity contribution is -0.132. The summed E-state index contributed by atoms with van der Waals surface area (Å²) >= 11 is 6.63. The predicted molar refractivity (Wildman–Crippen MR) is 188 cm³/mol. The molecule has 5 heterocycles. The molecule has 5 aromatic rings. The Kier molecular flexibility index (Phi) is 9.23. The molecule has 0 unspecified atom stereocenters. The van der Waals surface area contributed by atoms with Gasteiger partial charge in [-0.1, -0.05) is 52.6 Å². The number of H-pyrrole nitrogens is 1. The van der Waals surface area contributed by atoms with Crippen LogP contribution in [-0.4, -0.2) is 68.4 Å². The lowest BCUT2D eigenvalue weighted by Crippen LogP contribution is -2.62. The Morgan fingerprint density at radius 2 is 1.63 bits per heavy atom. The highest BCUT2D eigenvalue weighted by Crippen LogP contribution is 2.50. The fourth-order valence-electron chi connectivity index (χ4n) is 6.64. The van der Waals surface area contributed by atoms with Crippen molar-refractivity contribution >= 4 is 88.5 Å². The third-order valence-corrected chi connectivity index (χ3v) is 10.1. The maximum atomic E-state index is 14.3. The van der Waals surface area contributed by atoms with Crippen LogP contribution in [-0.2, 0) is 4.79 Å². The van der Waals surface area contributed by atoms with Crippen LogP contribution in [0.3, 0.4) is 0 Å². The molecule has 19 heteroatoms. The summed E-state index contributed by atoms with van der Waals surface area (Å²) < 4.78 is 67.7. The Balaban J connectivity index is 0.000000186. The number of alkyl halides is 4. The van der Waals surface area contributed by atoms with Crippen molar-refractivity contribution in [3.63, 3.8) is 0 Å². The molecule has 2 aromatic carbocycles. The van der Waals surface area contributed by atoms with E-state index in [0.29, 0.717) is 31.2 Å². The summed E-state index contributed by atoms with van der Waals surface area (Å²) in [4.78, 5) is 56.6. The minimum absolute atomic E-state index is 0.0987. The van der Waals surface area contributed by atoms with Gasteiger partial charge in [0.05, 0.1) is 19.1 Å². The number of likely N-dealkylation sites (tertiary alicyclic amines) is 1. The van der Waals surface area contributed by atoms with Gasteiger partial charge in [-0.15, -0.1) is 0 Å². The topological polar surface area (TPSA) is 197 Å². The van der Waals surface area contributed by atoms with Crippen LogP contribution in [0, 0.1) is 5.41 Å². The van der Waals surface area contributed by atoms with Crippen LogP contribution < -0.4 is 21.9 Å². The summed E-state index contributed by atoms with van der Waals surface area (Å²) in [5.41, 5.74) is 2.72. The van der Waals surface area contributed by atoms with E-state index < -0.39 is 71.8 Å². The second-order valence-corrected chi connectivity index (χ2v) is 15.5. The Morgan fingerprint density at radius 3 is 2.19 bits per heavy atom. The van der Waals surface area contributed by atoms with Gasteiger partial charge in [0, 0.05) is 32.6 Å². The molecule has 2 atom stereocenters. The first kappa shape index (κ1) is 37.3. The lowest BCUT2D eigenvalue weighted by Gasteiger charge is -2.44. The van der Waals surface area contributed by atoms with E-state index in [9.17, 15) is 41.8 Å². The van der Waals surface area contributed by atoms with Crippen LogP contribution in [0.4, 0.5) is 28.0 Å². The minimum atomic E-state index is -3.41. The fourth-order valence-corrected chi connectivity index (χ4v) is 7.36. The number of benzene rings is 2. The second-order valence-electron chi connectivity index (χ2n) is 13.6. The van der Waals surface area contributed by atoms with Gasteiger partial charge >= 0.3 is 6.09 Å². The number of carboxylic acid groups (broad SMARTS) is 1. The van der Waals surface area contributed by atoms with Crippen LogP contribution in [0.1, 0.15) is 56.0 Å². The maximum Gasteiger partial charge on any atom is 0.408 e. The van der Waals surface area contributed by atoms with Crippen molar-refractivity contribution in [2.75, 3.05) is 18.4 Å². The number of hydrogen-bond acceptors (Lipinski definition) is 8. The molecule has 2 aliphatic heterocycles. The first-order valence-corrected chi connectivity index (χ1v) is 17.2. The molecule has 6 N–H and O–H groups in total. The van der Waals surface area contributed by atoms with Crippen molar-refractivity contribution in [2.45, 2.75) is 57.0 Å². The van der Waals surface area contributed by atoms with E-state index in [2.05, 4.69) is 52.5 Å². The minimum Gasteiger partial charge on any atom is -0.465 e. The van der Waals surface area contributed by atoms with Crippen molar-refractivity contribution < 1.29 is 45.9 Å². The average Bonchev–Trinajstić information content (AvgIpc) is 3.78. The fraction of sp³-hybridized carbons (Fsp3) is 0.364. The number of amides is 3. The van der Waals surface area contributed by atoms with Crippen LogP contribution in [0.2, 0.25) is 0 Å². The number of aromatic amines is 1. The molecule has 52 heavy (non-hydrogen) atoms. The monoisotopic (exact) mass is 856 g/mol. The van der Waals surface area contributed by atoms with Gasteiger partial charge in [0.2, 0.25) is 11.3 Å². The normalized spacial score (nSPS) is 21.0. The molecule has 2 saturated heterocycles. The lowest BCUT2D eigenvalue weighted by atomic mass is 9.70. The number of aromatic nitrogens is 2. The van der Waals surface area contributed by atoms with Gasteiger partial charge in [-0.2, -0.15) is 0 Å². The van der Waals surface area contributed by atoms with E-state index in [1.807, 2.05) is 0 Å². The first-order valence-electron chi connectivity index (χ1n) is 15.6. The number of fused-ring (bicyclic) bond motifs is 4. The number of anilines is 1. The zero-order chi connectivity index (χ0) is 38.1. The molecule has 13 nitrogen and oxygen atoms in total. The van der Waals surface area contributed by atoms with Crippen molar-refractivity contribution in [1.29, 1.82) is 0 Å². The third kappa shape index (κ3) is 6.64. The molecular formula is C33H30Br2F4N6O7. The Hall–Kier alpha value is -4.49. The smallest absolute Gasteiger partial charge is 0.408 e. The van der Waals surface area contributed by atoms with Crippen molar-refractivity contribution in [3.8, 4) is 0 Å². The van der Waals surface area contributed by atoms with E-state index in [-0.39, 0.29) is 34.9 Å². The van der Waals surface area contributed by atoms with Gasteiger partial charge in [-0.25, -0.2) is 27.3 Å². The van der Waals surface area contributed by atoms with Gasteiger partial charge in [0.1, 0.15) is 33.7 Å². The summed E-state index contributed by atoms with van der Waals surface area (Å²) in [6.07, 6.45) is -3.04. The molecule has 0 spiro atoms. The molecule has 0 radical (unpaired) electrons. The molecular weight excluding hydrogens is 828 g/mol. The van der Waals surface area contributed by atoms with E-state index in [4.69, 9.17) is 14.6 Å². The van der Waals surface area contributed by atoms with Gasteiger partial charge in [0.25, 0.3) is 29.2 Å². The number of hydrogen-bond donors (Lipinski definition) is 5. The molecule has 2 fully saturated rings. The van der Waals surface area contributed by atoms with Crippen molar-refractivity contribution in [3.05, 3.63) is 67.3 Å². The summed E-state index contributed by atoms with van der Waals surface area (Å²) in [7, 11) is 0. The third-order valence-electron chi connectivity index (χ3n) is 9.07. The summed E-state index contributed by atoms with van der Waals surface area (Å²) in [5.74, 6) is -8.34. The number of nitrogens with two attached hydrogens (primary N) is 1. The highest BCUT2D eigenvalue weighted by molar-refractivity contribution is 9.10. The first-order chi connectivity index (χ1) is 24.1. The van der Waals surface area contributed by atoms with Gasteiger partial charge in [0.15, 0.2) is 0 Å². The maximum absolute atomic E-state index is 14.3. The van der Waals surface area contributed by atoms with E-state index in [0.717, 1.165) is 4.47 Å². The molecule has 7 rings (SSSR count). The zero-order valence-corrected chi connectivity index (χ0v) is 30.7. The molecule has 0 aliphatic carbocycles.